The second-order valence-electron chi connectivity index (χ2n) is 6.52. The molecule has 1 N–H and O–H groups in total. The van der Waals surface area contributed by atoms with Crippen molar-refractivity contribution < 1.29 is 17.6 Å². The van der Waals surface area contributed by atoms with E-state index in [0.717, 1.165) is 25.7 Å². The Hall–Kier alpha value is -2.22. The van der Waals surface area contributed by atoms with E-state index >= 15 is 0 Å². The molecular formula is C16H17N3O4S. The lowest BCUT2D eigenvalue weighted by molar-refractivity contribution is -0.124. The van der Waals surface area contributed by atoms with Crippen molar-refractivity contribution in [2.45, 2.75) is 30.6 Å². The van der Waals surface area contributed by atoms with E-state index in [1.54, 1.807) is 12.1 Å². The van der Waals surface area contributed by atoms with Crippen LogP contribution in [-0.4, -0.2) is 24.5 Å². The molecule has 0 aliphatic heterocycles. The van der Waals surface area contributed by atoms with Crippen LogP contribution >= 0.6 is 0 Å². The molecule has 7 nitrogen and oxygen atoms in total. The van der Waals surface area contributed by atoms with Crippen LogP contribution in [0.1, 0.15) is 25.7 Å². The number of hydrogen-bond acceptors (Lipinski definition) is 6. The van der Waals surface area contributed by atoms with Gasteiger partial charge >= 0.3 is 0 Å². The zero-order valence-corrected chi connectivity index (χ0v) is 13.7. The van der Waals surface area contributed by atoms with Gasteiger partial charge in [-0.05, 0) is 49.3 Å². The highest BCUT2D eigenvalue weighted by Crippen LogP contribution is 2.48. The third-order valence-corrected chi connectivity index (χ3v) is 6.41. The third-order valence-electron chi connectivity index (χ3n) is 5.06. The zero-order valence-electron chi connectivity index (χ0n) is 12.9. The summed E-state index contributed by atoms with van der Waals surface area (Å²) in [5.74, 6) is 0.568. The largest absolute Gasteiger partial charge is 0.423 e. The lowest BCUT2D eigenvalue weighted by atomic mass is 9.88. The van der Waals surface area contributed by atoms with Crippen LogP contribution in [0.15, 0.2) is 40.0 Å². The fourth-order valence-electron chi connectivity index (χ4n) is 3.93. The minimum absolute atomic E-state index is 0.00899. The molecule has 24 heavy (non-hydrogen) atoms. The normalized spacial score (nSPS) is 25.8. The maximum absolute atomic E-state index is 12.5. The monoisotopic (exact) mass is 347 g/mol. The van der Waals surface area contributed by atoms with Crippen LogP contribution in [0.2, 0.25) is 0 Å². The lowest BCUT2D eigenvalue weighted by Gasteiger charge is -2.20. The van der Waals surface area contributed by atoms with Crippen molar-refractivity contribution in [3.63, 3.8) is 0 Å². The van der Waals surface area contributed by atoms with Gasteiger partial charge in [0.1, 0.15) is 0 Å². The van der Waals surface area contributed by atoms with Gasteiger partial charge in [0.15, 0.2) is 0 Å². The molecule has 2 aliphatic rings. The van der Waals surface area contributed by atoms with Gasteiger partial charge in [-0.15, -0.1) is 10.2 Å². The summed E-state index contributed by atoms with van der Waals surface area (Å²) in [7, 11) is -3.92. The lowest BCUT2D eigenvalue weighted by Crippen LogP contribution is -2.37. The van der Waals surface area contributed by atoms with Gasteiger partial charge in [0.25, 0.3) is 10.0 Å². The van der Waals surface area contributed by atoms with Crippen LogP contribution in [-0.2, 0) is 14.8 Å². The first-order chi connectivity index (χ1) is 11.5. The first-order valence-corrected chi connectivity index (χ1v) is 9.44. The molecule has 3 atom stereocenters. The summed E-state index contributed by atoms with van der Waals surface area (Å²) in [6.45, 7) is 0. The molecule has 2 fully saturated rings. The molecule has 4 rings (SSSR count). The van der Waals surface area contributed by atoms with Crippen LogP contribution in [0, 0.1) is 17.8 Å². The molecule has 0 spiro atoms. The molecule has 2 bridgehead atoms. The van der Waals surface area contributed by atoms with E-state index in [4.69, 9.17) is 4.42 Å². The summed E-state index contributed by atoms with van der Waals surface area (Å²) in [5.41, 5.74) is 0.489. The first kappa shape index (κ1) is 15.3. The van der Waals surface area contributed by atoms with Gasteiger partial charge in [-0.3, -0.25) is 4.79 Å². The molecule has 1 aromatic heterocycles. The predicted molar refractivity (Wildman–Crippen MR) is 84.0 cm³/mol. The van der Waals surface area contributed by atoms with E-state index in [2.05, 4.69) is 14.9 Å². The fourth-order valence-corrected chi connectivity index (χ4v) is 5.00. The van der Waals surface area contributed by atoms with Gasteiger partial charge in [-0.2, -0.15) is 0 Å². The van der Waals surface area contributed by atoms with Crippen molar-refractivity contribution in [2.75, 3.05) is 0 Å². The van der Waals surface area contributed by atoms with Gasteiger partial charge in [-0.25, -0.2) is 13.1 Å². The Balaban J connectivity index is 1.55. The van der Waals surface area contributed by atoms with Crippen LogP contribution in [0.5, 0.6) is 0 Å². The smallest absolute Gasteiger partial charge is 0.264 e. The Morgan fingerprint density at radius 2 is 2.12 bits per heavy atom. The van der Waals surface area contributed by atoms with Crippen LogP contribution in [0.25, 0.3) is 11.5 Å². The van der Waals surface area contributed by atoms with Crippen molar-refractivity contribution in [2.24, 2.45) is 17.8 Å². The average molecular weight is 347 g/mol. The average Bonchev–Trinajstić information content (AvgIpc) is 3.32. The zero-order chi connectivity index (χ0) is 16.7. The second kappa shape index (κ2) is 5.70. The van der Waals surface area contributed by atoms with Crippen molar-refractivity contribution >= 4 is 15.9 Å². The maximum Gasteiger partial charge on any atom is 0.264 e. The summed E-state index contributed by atoms with van der Waals surface area (Å²) < 4.78 is 32.4. The van der Waals surface area contributed by atoms with Crippen LogP contribution in [0.4, 0.5) is 0 Å². The van der Waals surface area contributed by atoms with E-state index in [1.807, 2.05) is 0 Å². The molecule has 0 radical (unpaired) electrons. The third kappa shape index (κ3) is 2.71. The molecule has 1 aromatic carbocycles. The minimum Gasteiger partial charge on any atom is -0.423 e. The first-order valence-electron chi connectivity index (χ1n) is 7.96. The number of amides is 1. The van der Waals surface area contributed by atoms with Crippen LogP contribution in [0.3, 0.4) is 0 Å². The van der Waals surface area contributed by atoms with E-state index in [0.29, 0.717) is 17.4 Å². The van der Waals surface area contributed by atoms with E-state index < -0.39 is 10.0 Å². The van der Waals surface area contributed by atoms with E-state index in [1.165, 1.54) is 18.5 Å². The van der Waals surface area contributed by atoms with Gasteiger partial charge in [0.05, 0.1) is 4.90 Å². The number of sulfonamides is 1. The summed E-state index contributed by atoms with van der Waals surface area (Å²) in [6, 6.07) is 6.11. The number of hydrogen-bond donors (Lipinski definition) is 1. The summed E-state index contributed by atoms with van der Waals surface area (Å²) in [6.07, 6.45) is 5.20. The Morgan fingerprint density at radius 1 is 1.25 bits per heavy atom. The number of fused-ring (bicyclic) bond motifs is 2. The number of benzene rings is 1. The van der Waals surface area contributed by atoms with Crippen molar-refractivity contribution in [3.05, 3.63) is 30.7 Å². The topological polar surface area (TPSA) is 102 Å². The Kier molecular flexibility index (Phi) is 3.64. The molecule has 1 heterocycles. The number of aromatic nitrogens is 2. The summed E-state index contributed by atoms with van der Waals surface area (Å²) in [5, 5.41) is 7.34. The van der Waals surface area contributed by atoms with Crippen LogP contribution < -0.4 is 4.72 Å². The van der Waals surface area contributed by atoms with Crippen molar-refractivity contribution in [1.29, 1.82) is 0 Å². The minimum atomic E-state index is -3.92. The highest BCUT2D eigenvalue weighted by Gasteiger charge is 2.43. The summed E-state index contributed by atoms with van der Waals surface area (Å²) in [4.78, 5) is 12.4. The number of rotatable bonds is 4. The highest BCUT2D eigenvalue weighted by molar-refractivity contribution is 7.90. The molecule has 2 saturated carbocycles. The Labute approximate surface area is 139 Å². The quantitative estimate of drug-likeness (QED) is 0.907. The summed E-state index contributed by atoms with van der Waals surface area (Å²) >= 11 is 0. The number of nitrogens with one attached hydrogen (secondary N) is 1. The predicted octanol–water partition coefficient (Wildman–Crippen LogP) is 1.98. The molecular weight excluding hydrogens is 330 g/mol. The number of nitrogens with zero attached hydrogens (tertiary/aromatic N) is 2. The van der Waals surface area contributed by atoms with E-state index in [9.17, 15) is 13.2 Å². The molecule has 1 amide bonds. The fraction of sp³-hybridized carbons (Fsp3) is 0.438. The van der Waals surface area contributed by atoms with Gasteiger partial charge in [0.2, 0.25) is 18.2 Å². The number of carbonyl (C=O) groups excluding carboxylic acids is 1. The van der Waals surface area contributed by atoms with Gasteiger partial charge in [0, 0.05) is 11.5 Å². The van der Waals surface area contributed by atoms with Crippen molar-refractivity contribution in [3.8, 4) is 11.5 Å². The molecule has 0 saturated heterocycles. The van der Waals surface area contributed by atoms with Crippen molar-refractivity contribution in [1.82, 2.24) is 14.9 Å². The Morgan fingerprint density at radius 3 is 2.79 bits per heavy atom. The molecule has 2 aromatic rings. The Bertz CT molecular complexity index is 863. The second-order valence-corrected chi connectivity index (χ2v) is 8.21. The maximum atomic E-state index is 12.5. The van der Waals surface area contributed by atoms with Gasteiger partial charge in [-0.1, -0.05) is 12.5 Å². The number of carbonyl (C=O) groups is 1. The van der Waals surface area contributed by atoms with E-state index in [-0.39, 0.29) is 22.6 Å². The molecule has 126 valence electrons. The van der Waals surface area contributed by atoms with Gasteiger partial charge < -0.3 is 4.42 Å². The molecule has 0 unspecified atom stereocenters. The molecule has 8 heteroatoms. The highest BCUT2D eigenvalue weighted by atomic mass is 32.2. The SMILES string of the molecule is O=C(NS(=O)(=O)c1cccc(-c2nnco2)c1)[C@H]1C[C@H]2CC[C@H]1C2. The molecule has 2 aliphatic carbocycles. The standard InChI is InChI=1S/C16H17N3O4S/c20-15(14-7-10-4-5-11(14)6-10)19-24(21,22)13-3-1-2-12(8-13)16-18-17-9-23-16/h1-3,8-11,14H,4-7H2,(H,19,20)/t10-,11-,14-/m0/s1.